The molecule has 2 aromatic rings. The molecule has 0 bridgehead atoms. The number of nitrogens with zero attached hydrogens (tertiary/aromatic N) is 4. The molecule has 0 spiro atoms. The Balaban J connectivity index is 0.00000261. The van der Waals surface area contributed by atoms with Gasteiger partial charge in [-0.25, -0.2) is 0 Å². The van der Waals surface area contributed by atoms with Crippen molar-refractivity contribution < 1.29 is 0 Å². The zero-order valence-electron chi connectivity index (χ0n) is 16.4. The van der Waals surface area contributed by atoms with Gasteiger partial charge in [0.05, 0.1) is 0 Å². The van der Waals surface area contributed by atoms with Crippen molar-refractivity contribution in [2.75, 3.05) is 19.6 Å². The van der Waals surface area contributed by atoms with Crippen LogP contribution in [0.4, 0.5) is 0 Å². The molecule has 150 valence electrons. The molecule has 27 heavy (non-hydrogen) atoms. The van der Waals surface area contributed by atoms with E-state index in [2.05, 4.69) is 27.8 Å². The molecule has 0 unspecified atom stereocenters. The molecule has 6 nitrogen and oxygen atoms in total. The third kappa shape index (κ3) is 6.93. The maximum Gasteiger partial charge on any atom is 0.191 e. The van der Waals surface area contributed by atoms with Crippen LogP contribution in [0.2, 0.25) is 0 Å². The molecule has 0 atom stereocenters. The van der Waals surface area contributed by atoms with Gasteiger partial charge >= 0.3 is 0 Å². The molecule has 1 fully saturated rings. The van der Waals surface area contributed by atoms with Crippen molar-refractivity contribution in [1.29, 1.82) is 0 Å². The minimum atomic E-state index is 0. The van der Waals surface area contributed by atoms with E-state index < -0.39 is 0 Å². The van der Waals surface area contributed by atoms with Gasteiger partial charge < -0.3 is 10.6 Å². The Morgan fingerprint density at radius 1 is 1.19 bits per heavy atom. The standard InChI is InChI=1S/C20H32N6.HI/c1-2-21-20(22-14-8-11-17-9-4-3-5-10-17)23-15-13-19-25-24-18-12-6-7-16-26(18)19;/h6-7,12,16-17H,2-5,8-11,13-15H2,1H3,(H2,21,22,23);1H. The van der Waals surface area contributed by atoms with Gasteiger partial charge in [0.25, 0.3) is 0 Å². The van der Waals surface area contributed by atoms with Gasteiger partial charge in [-0.15, -0.1) is 34.2 Å². The Morgan fingerprint density at radius 2 is 2.04 bits per heavy atom. The van der Waals surface area contributed by atoms with Crippen LogP contribution >= 0.6 is 24.0 Å². The summed E-state index contributed by atoms with van der Waals surface area (Å²) in [6, 6.07) is 5.96. The number of pyridine rings is 1. The number of aliphatic imine (C=N–C) groups is 1. The largest absolute Gasteiger partial charge is 0.357 e. The highest BCUT2D eigenvalue weighted by Gasteiger charge is 2.12. The number of nitrogens with one attached hydrogen (secondary N) is 2. The quantitative estimate of drug-likeness (QED) is 0.259. The molecule has 2 N–H and O–H groups in total. The van der Waals surface area contributed by atoms with Crippen LogP contribution in [0.1, 0.15) is 57.7 Å². The second kappa shape index (κ2) is 12.2. The highest BCUT2D eigenvalue weighted by Crippen LogP contribution is 2.27. The van der Waals surface area contributed by atoms with Crippen LogP contribution in [-0.4, -0.2) is 40.2 Å². The fraction of sp³-hybridized carbons (Fsp3) is 0.650. The predicted molar refractivity (Wildman–Crippen MR) is 122 cm³/mol. The zero-order valence-corrected chi connectivity index (χ0v) is 18.7. The number of halogens is 1. The molecule has 1 aliphatic carbocycles. The summed E-state index contributed by atoms with van der Waals surface area (Å²) in [5.41, 5.74) is 0.894. The highest BCUT2D eigenvalue weighted by atomic mass is 127. The Kier molecular flexibility index (Phi) is 9.86. The fourth-order valence-corrected chi connectivity index (χ4v) is 3.74. The van der Waals surface area contributed by atoms with E-state index in [-0.39, 0.29) is 24.0 Å². The van der Waals surface area contributed by atoms with Crippen LogP contribution in [0.3, 0.4) is 0 Å². The van der Waals surface area contributed by atoms with Crippen LogP contribution in [-0.2, 0) is 6.42 Å². The topological polar surface area (TPSA) is 66.6 Å². The van der Waals surface area contributed by atoms with Gasteiger partial charge in [0.15, 0.2) is 11.6 Å². The fourth-order valence-electron chi connectivity index (χ4n) is 3.74. The van der Waals surface area contributed by atoms with E-state index in [1.807, 2.05) is 28.8 Å². The normalized spacial score (nSPS) is 15.5. The summed E-state index contributed by atoms with van der Waals surface area (Å²) in [5.74, 6) is 2.82. The first-order valence-electron chi connectivity index (χ1n) is 10.2. The minimum Gasteiger partial charge on any atom is -0.357 e. The average Bonchev–Trinajstić information content (AvgIpc) is 3.09. The molecule has 0 saturated heterocycles. The lowest BCUT2D eigenvalue weighted by molar-refractivity contribution is 0.334. The number of hydrogen-bond acceptors (Lipinski definition) is 3. The van der Waals surface area contributed by atoms with Crippen molar-refractivity contribution >= 4 is 35.6 Å². The molecule has 2 aromatic heterocycles. The maximum atomic E-state index is 4.73. The van der Waals surface area contributed by atoms with E-state index in [4.69, 9.17) is 4.99 Å². The van der Waals surface area contributed by atoms with Crippen molar-refractivity contribution in [3.8, 4) is 0 Å². The summed E-state index contributed by atoms with van der Waals surface area (Å²) in [6.45, 7) is 4.68. The van der Waals surface area contributed by atoms with Gasteiger partial charge in [0, 0.05) is 32.3 Å². The third-order valence-electron chi connectivity index (χ3n) is 5.13. The molecule has 2 heterocycles. The summed E-state index contributed by atoms with van der Waals surface area (Å²) < 4.78 is 2.04. The predicted octanol–water partition coefficient (Wildman–Crippen LogP) is 3.81. The number of fused-ring (bicyclic) bond motifs is 1. The SMILES string of the molecule is CCNC(=NCCCC1CCCCC1)NCCc1nnc2ccccn12.I. The second-order valence-electron chi connectivity index (χ2n) is 7.13. The van der Waals surface area contributed by atoms with Crippen molar-refractivity contribution in [2.45, 2.75) is 58.3 Å². The van der Waals surface area contributed by atoms with Gasteiger partial charge in [0.2, 0.25) is 0 Å². The summed E-state index contributed by atoms with van der Waals surface area (Å²) >= 11 is 0. The Hall–Kier alpha value is -1.38. The molecule has 0 amide bonds. The van der Waals surface area contributed by atoms with E-state index >= 15 is 0 Å². The van der Waals surface area contributed by atoms with Crippen molar-refractivity contribution in [3.63, 3.8) is 0 Å². The van der Waals surface area contributed by atoms with Gasteiger partial charge in [0.1, 0.15) is 5.82 Å². The first kappa shape index (κ1) is 21.9. The molecule has 0 aromatic carbocycles. The minimum absolute atomic E-state index is 0. The monoisotopic (exact) mass is 484 g/mol. The molecule has 1 saturated carbocycles. The Morgan fingerprint density at radius 3 is 2.85 bits per heavy atom. The molecular weight excluding hydrogens is 451 g/mol. The Bertz CT molecular complexity index is 693. The summed E-state index contributed by atoms with van der Waals surface area (Å²) in [5, 5.41) is 15.2. The zero-order chi connectivity index (χ0) is 18.0. The van der Waals surface area contributed by atoms with Gasteiger partial charge in [-0.1, -0.05) is 38.2 Å². The second-order valence-corrected chi connectivity index (χ2v) is 7.13. The van der Waals surface area contributed by atoms with Crippen LogP contribution in [0, 0.1) is 5.92 Å². The molecular formula is C20H33IN6. The lowest BCUT2D eigenvalue weighted by atomic mass is 9.86. The summed E-state index contributed by atoms with van der Waals surface area (Å²) in [4.78, 5) is 4.73. The molecule has 3 rings (SSSR count). The van der Waals surface area contributed by atoms with Gasteiger partial charge in [-0.2, -0.15) is 0 Å². The van der Waals surface area contributed by atoms with E-state index in [0.29, 0.717) is 0 Å². The van der Waals surface area contributed by atoms with Crippen LogP contribution in [0.15, 0.2) is 29.4 Å². The highest BCUT2D eigenvalue weighted by molar-refractivity contribution is 14.0. The average molecular weight is 484 g/mol. The third-order valence-corrected chi connectivity index (χ3v) is 5.13. The van der Waals surface area contributed by atoms with Crippen LogP contribution < -0.4 is 10.6 Å². The van der Waals surface area contributed by atoms with Crippen LogP contribution in [0.25, 0.3) is 5.65 Å². The van der Waals surface area contributed by atoms with Crippen molar-refractivity contribution in [3.05, 3.63) is 30.2 Å². The van der Waals surface area contributed by atoms with E-state index in [9.17, 15) is 0 Å². The van der Waals surface area contributed by atoms with Crippen LogP contribution in [0.5, 0.6) is 0 Å². The molecule has 0 aliphatic heterocycles. The summed E-state index contributed by atoms with van der Waals surface area (Å²) in [6.07, 6.45) is 12.5. The van der Waals surface area contributed by atoms with E-state index in [0.717, 1.165) is 49.4 Å². The smallest absolute Gasteiger partial charge is 0.191 e. The number of guanidine groups is 1. The number of aromatic nitrogens is 3. The maximum absolute atomic E-state index is 4.73. The molecule has 1 aliphatic rings. The first-order chi connectivity index (χ1) is 12.9. The summed E-state index contributed by atoms with van der Waals surface area (Å²) in [7, 11) is 0. The Labute approximate surface area is 179 Å². The van der Waals surface area contributed by atoms with Gasteiger partial charge in [-0.3, -0.25) is 9.39 Å². The molecule has 7 heteroatoms. The van der Waals surface area contributed by atoms with Crippen molar-refractivity contribution in [2.24, 2.45) is 10.9 Å². The lowest BCUT2D eigenvalue weighted by Gasteiger charge is -2.20. The van der Waals surface area contributed by atoms with Crippen molar-refractivity contribution in [1.82, 2.24) is 25.2 Å². The molecule has 0 radical (unpaired) electrons. The number of rotatable bonds is 8. The lowest BCUT2D eigenvalue weighted by Crippen LogP contribution is -2.38. The van der Waals surface area contributed by atoms with E-state index in [1.165, 1.54) is 44.9 Å². The van der Waals surface area contributed by atoms with Gasteiger partial charge in [-0.05, 0) is 37.8 Å². The number of hydrogen-bond donors (Lipinski definition) is 2. The van der Waals surface area contributed by atoms with E-state index in [1.54, 1.807) is 0 Å². The first-order valence-corrected chi connectivity index (χ1v) is 10.2.